The first-order chi connectivity index (χ1) is 14.5. The number of aromatic nitrogens is 1. The molecule has 0 spiro atoms. The molecule has 160 valence electrons. The van der Waals surface area contributed by atoms with Crippen LogP contribution in [0.4, 0.5) is 0 Å². The van der Waals surface area contributed by atoms with E-state index in [2.05, 4.69) is 5.32 Å². The summed E-state index contributed by atoms with van der Waals surface area (Å²) in [5.74, 6) is 0.574. The summed E-state index contributed by atoms with van der Waals surface area (Å²) in [6.07, 6.45) is 5.50. The monoisotopic (exact) mass is 427 g/mol. The minimum absolute atomic E-state index is 0.0913. The van der Waals surface area contributed by atoms with E-state index in [-0.39, 0.29) is 22.9 Å². The smallest absolute Gasteiger partial charge is 0.263 e. The molecule has 0 unspecified atom stereocenters. The first kappa shape index (κ1) is 22.2. The maximum Gasteiger partial charge on any atom is 0.263 e. The lowest BCUT2D eigenvalue weighted by Gasteiger charge is -2.30. The molecule has 0 bridgehead atoms. The molecule has 0 saturated heterocycles. The topological polar surface area (TPSA) is 71.4 Å². The molecule has 1 aliphatic heterocycles. The molecule has 1 aromatic carbocycles. The molecule has 0 saturated carbocycles. The number of nitrogens with zero attached hydrogens (tertiary/aromatic N) is 2. The standard InChI is InChI=1S/C23H29N3O3S/c1-3-20(27)25-13-10-19-18(15-25)16-26(12-9-17-7-5-4-6-8-17)23(29)21(19)22(28)24-11-14-30-2/h4-8,16H,3,9-15H2,1-2H3,(H,24,28). The Hall–Kier alpha value is -2.54. The highest BCUT2D eigenvalue weighted by molar-refractivity contribution is 7.98. The second-order valence-electron chi connectivity index (χ2n) is 7.41. The number of carbonyl (C=O) groups excluding carboxylic acids is 2. The van der Waals surface area contributed by atoms with Gasteiger partial charge in [-0.1, -0.05) is 37.3 Å². The van der Waals surface area contributed by atoms with Crippen LogP contribution in [0.25, 0.3) is 0 Å². The van der Waals surface area contributed by atoms with E-state index in [0.29, 0.717) is 45.4 Å². The third-order valence-electron chi connectivity index (χ3n) is 5.43. The van der Waals surface area contributed by atoms with Gasteiger partial charge in [-0.15, -0.1) is 0 Å². The van der Waals surface area contributed by atoms with Gasteiger partial charge in [0.1, 0.15) is 5.56 Å². The minimum Gasteiger partial charge on any atom is -0.351 e. The van der Waals surface area contributed by atoms with Crippen molar-refractivity contribution < 1.29 is 9.59 Å². The Morgan fingerprint density at radius 3 is 2.67 bits per heavy atom. The van der Waals surface area contributed by atoms with Crippen molar-refractivity contribution in [2.45, 2.75) is 39.3 Å². The van der Waals surface area contributed by atoms with Gasteiger partial charge in [-0.25, -0.2) is 0 Å². The Morgan fingerprint density at radius 1 is 1.20 bits per heavy atom. The number of hydrogen-bond donors (Lipinski definition) is 1. The van der Waals surface area contributed by atoms with E-state index in [4.69, 9.17) is 0 Å². The van der Waals surface area contributed by atoms with Crippen molar-refractivity contribution in [3.05, 3.63) is 69.1 Å². The number of hydrogen-bond acceptors (Lipinski definition) is 4. The quantitative estimate of drug-likeness (QED) is 0.657. The predicted octanol–water partition coefficient (Wildman–Crippen LogP) is 2.48. The van der Waals surface area contributed by atoms with Crippen LogP contribution in [0.15, 0.2) is 41.3 Å². The third kappa shape index (κ3) is 5.14. The number of amides is 2. The number of carbonyl (C=O) groups is 2. The first-order valence-corrected chi connectivity index (χ1v) is 11.8. The van der Waals surface area contributed by atoms with E-state index < -0.39 is 0 Å². The normalized spacial score (nSPS) is 13.1. The fraction of sp³-hybridized carbons (Fsp3) is 0.435. The number of benzene rings is 1. The van der Waals surface area contributed by atoms with E-state index in [1.165, 1.54) is 0 Å². The number of rotatable bonds is 8. The maximum absolute atomic E-state index is 13.2. The lowest BCUT2D eigenvalue weighted by atomic mass is 9.95. The Labute approximate surface area is 181 Å². The van der Waals surface area contributed by atoms with Crippen molar-refractivity contribution in [2.75, 3.05) is 25.1 Å². The van der Waals surface area contributed by atoms with Crippen molar-refractivity contribution in [1.29, 1.82) is 0 Å². The first-order valence-electron chi connectivity index (χ1n) is 10.4. The zero-order valence-corrected chi connectivity index (χ0v) is 18.5. The zero-order chi connectivity index (χ0) is 21.5. The van der Waals surface area contributed by atoms with Crippen LogP contribution in [0, 0.1) is 0 Å². The minimum atomic E-state index is -0.311. The molecular formula is C23H29N3O3S. The summed E-state index contributed by atoms with van der Waals surface area (Å²) >= 11 is 1.64. The second-order valence-corrected chi connectivity index (χ2v) is 8.40. The van der Waals surface area contributed by atoms with E-state index in [1.54, 1.807) is 16.3 Å². The SMILES string of the molecule is CCC(=O)N1CCc2c(cn(CCc3ccccc3)c(=O)c2C(=O)NCCSC)C1. The van der Waals surface area contributed by atoms with E-state index >= 15 is 0 Å². The third-order valence-corrected chi connectivity index (χ3v) is 6.04. The summed E-state index contributed by atoms with van der Waals surface area (Å²) < 4.78 is 1.63. The second kappa shape index (κ2) is 10.5. The molecule has 3 rings (SSSR count). The van der Waals surface area contributed by atoms with Gasteiger partial charge in [-0.05, 0) is 35.8 Å². The molecule has 2 heterocycles. The van der Waals surface area contributed by atoms with Gasteiger partial charge < -0.3 is 14.8 Å². The van der Waals surface area contributed by atoms with E-state index in [9.17, 15) is 14.4 Å². The van der Waals surface area contributed by atoms with Gasteiger partial charge in [0.15, 0.2) is 0 Å². The highest BCUT2D eigenvalue weighted by atomic mass is 32.2. The number of aryl methyl sites for hydroxylation is 2. The number of fused-ring (bicyclic) bond motifs is 1. The molecule has 0 radical (unpaired) electrons. The van der Waals surface area contributed by atoms with Gasteiger partial charge >= 0.3 is 0 Å². The molecule has 0 atom stereocenters. The van der Waals surface area contributed by atoms with Crippen LogP contribution in [0.5, 0.6) is 0 Å². The van der Waals surface area contributed by atoms with E-state index in [0.717, 1.165) is 22.4 Å². The molecule has 30 heavy (non-hydrogen) atoms. The van der Waals surface area contributed by atoms with E-state index in [1.807, 2.05) is 54.6 Å². The lowest BCUT2D eigenvalue weighted by molar-refractivity contribution is -0.131. The Bertz CT molecular complexity index is 956. The molecule has 1 aliphatic rings. The highest BCUT2D eigenvalue weighted by Crippen LogP contribution is 2.21. The van der Waals surface area contributed by atoms with Gasteiger partial charge in [-0.2, -0.15) is 11.8 Å². The van der Waals surface area contributed by atoms with Gasteiger partial charge in [0.05, 0.1) is 0 Å². The van der Waals surface area contributed by atoms with Gasteiger partial charge in [-0.3, -0.25) is 14.4 Å². The van der Waals surface area contributed by atoms with Crippen LogP contribution in [-0.2, 0) is 30.7 Å². The largest absolute Gasteiger partial charge is 0.351 e. The molecule has 7 heteroatoms. The summed E-state index contributed by atoms with van der Waals surface area (Å²) in [5, 5.41) is 2.88. The van der Waals surface area contributed by atoms with Crippen LogP contribution >= 0.6 is 11.8 Å². The predicted molar refractivity (Wildman–Crippen MR) is 121 cm³/mol. The molecular weight excluding hydrogens is 398 g/mol. The summed E-state index contributed by atoms with van der Waals surface area (Å²) in [5.41, 5.74) is 2.81. The van der Waals surface area contributed by atoms with Crippen LogP contribution < -0.4 is 10.9 Å². The Balaban J connectivity index is 1.94. The molecule has 1 aromatic heterocycles. The van der Waals surface area contributed by atoms with Crippen molar-refractivity contribution >= 4 is 23.6 Å². The fourth-order valence-corrected chi connectivity index (χ4v) is 4.10. The Kier molecular flexibility index (Phi) is 7.74. The molecule has 2 amide bonds. The van der Waals surface area contributed by atoms with Crippen molar-refractivity contribution in [3.63, 3.8) is 0 Å². The van der Waals surface area contributed by atoms with Gasteiger partial charge in [0.2, 0.25) is 5.91 Å². The summed E-state index contributed by atoms with van der Waals surface area (Å²) in [6.45, 7) is 3.84. The molecule has 0 fully saturated rings. The van der Waals surface area contributed by atoms with Crippen LogP contribution in [0.1, 0.15) is 40.4 Å². The average molecular weight is 428 g/mol. The van der Waals surface area contributed by atoms with Gasteiger partial charge in [0, 0.05) is 44.5 Å². The number of nitrogens with one attached hydrogen (secondary N) is 1. The summed E-state index contributed by atoms with van der Waals surface area (Å²) in [6, 6.07) is 9.97. The van der Waals surface area contributed by atoms with Crippen molar-refractivity contribution in [1.82, 2.24) is 14.8 Å². The molecule has 6 nitrogen and oxygen atoms in total. The number of thioether (sulfide) groups is 1. The molecule has 1 N–H and O–H groups in total. The van der Waals surface area contributed by atoms with Crippen molar-refractivity contribution in [2.24, 2.45) is 0 Å². The molecule has 2 aromatic rings. The van der Waals surface area contributed by atoms with Crippen LogP contribution in [-0.4, -0.2) is 46.4 Å². The summed E-state index contributed by atoms with van der Waals surface area (Å²) in [7, 11) is 0. The van der Waals surface area contributed by atoms with Gasteiger partial charge in [0.25, 0.3) is 11.5 Å². The number of pyridine rings is 1. The highest BCUT2D eigenvalue weighted by Gasteiger charge is 2.27. The summed E-state index contributed by atoms with van der Waals surface area (Å²) in [4.78, 5) is 40.1. The van der Waals surface area contributed by atoms with Crippen molar-refractivity contribution in [3.8, 4) is 0 Å². The average Bonchev–Trinajstić information content (AvgIpc) is 2.77. The van der Waals surface area contributed by atoms with Crippen LogP contribution in [0.2, 0.25) is 0 Å². The lowest BCUT2D eigenvalue weighted by Crippen LogP contribution is -2.41. The zero-order valence-electron chi connectivity index (χ0n) is 17.6. The van der Waals surface area contributed by atoms with Crippen LogP contribution in [0.3, 0.4) is 0 Å². The fourth-order valence-electron chi connectivity index (χ4n) is 3.80. The molecule has 0 aliphatic carbocycles. The maximum atomic E-state index is 13.2. The Morgan fingerprint density at radius 2 is 1.97 bits per heavy atom.